The van der Waals surface area contributed by atoms with Gasteiger partial charge < -0.3 is 4.57 Å². The average Bonchev–Trinajstić information content (AvgIpc) is 3.13. The number of hydrogen-bond donors (Lipinski definition) is 1. The molecule has 18 heavy (non-hydrogen) atoms. The number of aromatic amines is 1. The zero-order chi connectivity index (χ0) is 13.0. The van der Waals surface area contributed by atoms with Crippen LogP contribution in [0, 0.1) is 0 Å². The molecule has 0 unspecified atom stereocenters. The van der Waals surface area contributed by atoms with E-state index in [1.165, 1.54) is 17.8 Å². The Hall–Kier alpha value is -1.63. The van der Waals surface area contributed by atoms with E-state index in [1.54, 1.807) is 0 Å². The number of pyridine rings is 1. The second-order valence-electron chi connectivity index (χ2n) is 4.48. The highest BCUT2D eigenvalue weighted by molar-refractivity contribution is 9.10. The van der Waals surface area contributed by atoms with Crippen molar-refractivity contribution in [2.45, 2.75) is 18.9 Å². The fourth-order valence-corrected chi connectivity index (χ4v) is 2.62. The van der Waals surface area contributed by atoms with Crippen LogP contribution in [0.15, 0.2) is 25.1 Å². The molecule has 7 heteroatoms. The Labute approximate surface area is 109 Å². The van der Waals surface area contributed by atoms with E-state index < -0.39 is 5.56 Å². The van der Waals surface area contributed by atoms with Crippen molar-refractivity contribution in [2.24, 2.45) is 7.05 Å². The Morgan fingerprint density at radius 1 is 1.28 bits per heavy atom. The maximum Gasteiger partial charge on any atom is 0.274 e. The van der Waals surface area contributed by atoms with Crippen molar-refractivity contribution in [3.8, 4) is 0 Å². The lowest BCUT2D eigenvalue weighted by molar-refractivity contribution is 0.689. The highest BCUT2D eigenvalue weighted by Gasteiger charge is 2.26. The summed E-state index contributed by atoms with van der Waals surface area (Å²) in [6.07, 6.45) is 3.35. The number of rotatable bonds is 1. The average molecular weight is 312 g/mol. The minimum Gasteiger partial charge on any atom is -0.311 e. The number of H-pyrrole nitrogens is 1. The number of nitrogens with zero attached hydrogens (tertiary/aromatic N) is 2. The molecule has 1 saturated carbocycles. The first-order chi connectivity index (χ1) is 8.50. The Kier molecular flexibility index (Phi) is 2.34. The zero-order valence-corrected chi connectivity index (χ0v) is 11.2. The van der Waals surface area contributed by atoms with Gasteiger partial charge in [0.15, 0.2) is 0 Å². The Bertz CT molecular complexity index is 826. The second-order valence-corrected chi connectivity index (χ2v) is 5.27. The monoisotopic (exact) mass is 311 g/mol. The molecular formula is C11H10BrN3O3. The molecule has 6 nitrogen and oxygen atoms in total. The minimum atomic E-state index is -0.392. The molecule has 3 rings (SSSR count). The van der Waals surface area contributed by atoms with Crippen molar-refractivity contribution in [1.29, 1.82) is 0 Å². The van der Waals surface area contributed by atoms with Crippen molar-refractivity contribution >= 4 is 26.7 Å². The van der Waals surface area contributed by atoms with Gasteiger partial charge in [-0.15, -0.1) is 0 Å². The quantitative estimate of drug-likeness (QED) is 0.832. The molecule has 94 valence electrons. The van der Waals surface area contributed by atoms with E-state index in [0.717, 1.165) is 17.5 Å². The number of halogens is 1. The molecule has 2 heterocycles. The molecule has 0 aromatic carbocycles. The van der Waals surface area contributed by atoms with Crippen molar-refractivity contribution in [2.75, 3.05) is 0 Å². The van der Waals surface area contributed by atoms with Gasteiger partial charge in [-0.2, -0.15) is 0 Å². The van der Waals surface area contributed by atoms with E-state index in [9.17, 15) is 14.4 Å². The van der Waals surface area contributed by atoms with Crippen LogP contribution in [0.1, 0.15) is 18.9 Å². The summed E-state index contributed by atoms with van der Waals surface area (Å²) in [5.41, 5.74) is -1.02. The molecule has 2 aromatic heterocycles. The summed E-state index contributed by atoms with van der Waals surface area (Å²) in [7, 11) is 1.45. The van der Waals surface area contributed by atoms with Crippen LogP contribution >= 0.6 is 15.9 Å². The van der Waals surface area contributed by atoms with Gasteiger partial charge in [0.05, 0.1) is 15.2 Å². The summed E-state index contributed by atoms with van der Waals surface area (Å²) in [5.74, 6) is 0. The number of aromatic nitrogens is 3. The lowest BCUT2D eigenvalue weighted by Gasteiger charge is -2.08. The Morgan fingerprint density at radius 3 is 2.56 bits per heavy atom. The third-order valence-electron chi connectivity index (χ3n) is 3.15. The van der Waals surface area contributed by atoms with E-state index in [2.05, 4.69) is 21.0 Å². The van der Waals surface area contributed by atoms with Crippen LogP contribution in [0.25, 0.3) is 10.8 Å². The topological polar surface area (TPSA) is 76.9 Å². The van der Waals surface area contributed by atoms with Crippen LogP contribution in [0.4, 0.5) is 0 Å². The zero-order valence-electron chi connectivity index (χ0n) is 9.57. The van der Waals surface area contributed by atoms with Crippen LogP contribution in [-0.4, -0.2) is 14.3 Å². The lowest BCUT2D eigenvalue weighted by atomic mass is 10.2. The molecule has 0 aliphatic heterocycles. The smallest absolute Gasteiger partial charge is 0.274 e. The van der Waals surface area contributed by atoms with E-state index in [0.29, 0.717) is 0 Å². The molecule has 0 saturated heterocycles. The summed E-state index contributed by atoms with van der Waals surface area (Å²) in [6, 6.07) is 0.154. The normalized spacial score (nSPS) is 15.2. The van der Waals surface area contributed by atoms with Gasteiger partial charge in [0, 0.05) is 19.3 Å². The fourth-order valence-electron chi connectivity index (χ4n) is 2.04. The standard InChI is InChI=1S/C11H10BrN3O3/c1-14-10(17)7-6(9(16)13-14)4-15(5-2-3-5)11(18)8(7)12/h4-5H,2-3H2,1H3,(H,13,16). The van der Waals surface area contributed by atoms with Gasteiger partial charge in [0.2, 0.25) is 0 Å². The number of aryl methyl sites for hydroxylation is 1. The molecule has 0 atom stereocenters. The van der Waals surface area contributed by atoms with E-state index >= 15 is 0 Å². The third-order valence-corrected chi connectivity index (χ3v) is 3.89. The van der Waals surface area contributed by atoms with Crippen LogP contribution in [0.2, 0.25) is 0 Å². The fraction of sp³-hybridized carbons (Fsp3) is 0.364. The van der Waals surface area contributed by atoms with Gasteiger partial charge in [-0.3, -0.25) is 24.2 Å². The summed E-state index contributed by atoms with van der Waals surface area (Å²) in [4.78, 5) is 35.9. The number of hydrogen-bond acceptors (Lipinski definition) is 3. The van der Waals surface area contributed by atoms with Crippen LogP contribution in [0.5, 0.6) is 0 Å². The Balaban J connectivity index is 2.57. The van der Waals surface area contributed by atoms with Crippen LogP contribution in [0.3, 0.4) is 0 Å². The van der Waals surface area contributed by atoms with Gasteiger partial charge in [-0.1, -0.05) is 0 Å². The molecule has 1 fully saturated rings. The van der Waals surface area contributed by atoms with Gasteiger partial charge in [-0.05, 0) is 28.8 Å². The summed E-state index contributed by atoms with van der Waals surface area (Å²) in [6.45, 7) is 0. The minimum absolute atomic E-state index is 0.142. The molecule has 0 spiro atoms. The van der Waals surface area contributed by atoms with Crippen molar-refractivity contribution in [3.05, 3.63) is 41.7 Å². The lowest BCUT2D eigenvalue weighted by Crippen LogP contribution is -2.31. The summed E-state index contributed by atoms with van der Waals surface area (Å²) in [5, 5.41) is 2.82. The van der Waals surface area contributed by atoms with Gasteiger partial charge in [0.1, 0.15) is 0 Å². The molecule has 0 amide bonds. The maximum absolute atomic E-state index is 12.1. The van der Waals surface area contributed by atoms with Crippen LogP contribution in [-0.2, 0) is 7.05 Å². The van der Waals surface area contributed by atoms with Crippen molar-refractivity contribution in [1.82, 2.24) is 14.3 Å². The van der Waals surface area contributed by atoms with E-state index in [4.69, 9.17) is 0 Å². The third kappa shape index (κ3) is 1.50. The number of fused-ring (bicyclic) bond motifs is 1. The first kappa shape index (κ1) is 11.5. The molecule has 1 N–H and O–H groups in total. The van der Waals surface area contributed by atoms with E-state index in [1.807, 2.05) is 0 Å². The molecule has 1 aliphatic carbocycles. The SMILES string of the molecule is Cn1[nH]c(=O)c2cn(C3CC3)c(=O)c(Br)c2c1=O. The first-order valence-corrected chi connectivity index (χ1v) is 6.33. The molecule has 1 aliphatic rings. The van der Waals surface area contributed by atoms with Gasteiger partial charge in [0.25, 0.3) is 16.7 Å². The molecule has 0 radical (unpaired) electrons. The second kappa shape index (κ2) is 3.68. The summed E-state index contributed by atoms with van der Waals surface area (Å²) >= 11 is 3.15. The Morgan fingerprint density at radius 2 is 1.94 bits per heavy atom. The predicted octanol–water partition coefficient (Wildman–Crippen LogP) is 0.486. The predicted molar refractivity (Wildman–Crippen MR) is 70.0 cm³/mol. The summed E-state index contributed by atoms with van der Waals surface area (Å²) < 4.78 is 2.77. The molecule has 0 bridgehead atoms. The molecule has 2 aromatic rings. The highest BCUT2D eigenvalue weighted by Crippen LogP contribution is 2.34. The van der Waals surface area contributed by atoms with Crippen LogP contribution < -0.4 is 16.7 Å². The van der Waals surface area contributed by atoms with Crippen molar-refractivity contribution in [3.63, 3.8) is 0 Å². The van der Waals surface area contributed by atoms with E-state index in [-0.39, 0.29) is 32.4 Å². The maximum atomic E-state index is 12.1. The van der Waals surface area contributed by atoms with Gasteiger partial charge >= 0.3 is 0 Å². The van der Waals surface area contributed by atoms with Crippen molar-refractivity contribution < 1.29 is 0 Å². The largest absolute Gasteiger partial charge is 0.311 e. The first-order valence-electron chi connectivity index (χ1n) is 5.54. The highest BCUT2D eigenvalue weighted by atomic mass is 79.9. The molecular weight excluding hydrogens is 302 g/mol. The van der Waals surface area contributed by atoms with Gasteiger partial charge in [-0.25, -0.2) is 0 Å². The number of nitrogens with one attached hydrogen (secondary N) is 1.